The predicted octanol–water partition coefficient (Wildman–Crippen LogP) is 2.21. The molecular weight excluding hydrogens is 294 g/mol. The summed E-state index contributed by atoms with van der Waals surface area (Å²) in [6.45, 7) is 1.36. The van der Waals surface area contributed by atoms with Gasteiger partial charge in [0.15, 0.2) is 0 Å². The van der Waals surface area contributed by atoms with Crippen LogP contribution < -0.4 is 5.32 Å². The highest BCUT2D eigenvalue weighted by Gasteiger charge is 2.32. The fourth-order valence-corrected chi connectivity index (χ4v) is 3.34. The van der Waals surface area contributed by atoms with Crippen molar-refractivity contribution < 1.29 is 9.72 Å². The summed E-state index contributed by atoms with van der Waals surface area (Å²) in [7, 11) is 0. The van der Waals surface area contributed by atoms with Crippen molar-refractivity contribution in [1.82, 2.24) is 10.2 Å². The van der Waals surface area contributed by atoms with Crippen LogP contribution in [0.5, 0.6) is 0 Å². The number of benzene rings is 1. The van der Waals surface area contributed by atoms with Crippen molar-refractivity contribution in [1.29, 1.82) is 0 Å². The number of hydrogen-bond acceptors (Lipinski definition) is 4. The minimum absolute atomic E-state index is 0.104. The van der Waals surface area contributed by atoms with Gasteiger partial charge in [-0.05, 0) is 25.3 Å². The second-order valence-electron chi connectivity index (χ2n) is 5.60. The van der Waals surface area contributed by atoms with E-state index in [1.165, 1.54) is 24.6 Å². The van der Waals surface area contributed by atoms with E-state index < -0.39 is 4.92 Å². The quantitative estimate of drug-likeness (QED) is 0.671. The van der Waals surface area contributed by atoms with Crippen LogP contribution >= 0.6 is 11.6 Å². The number of amides is 1. The van der Waals surface area contributed by atoms with Crippen LogP contribution in [0.25, 0.3) is 0 Å². The molecule has 2 atom stereocenters. The molecule has 2 bridgehead atoms. The van der Waals surface area contributed by atoms with Gasteiger partial charge >= 0.3 is 0 Å². The Morgan fingerprint density at radius 3 is 2.81 bits per heavy atom. The molecule has 0 radical (unpaired) electrons. The molecule has 2 aliphatic heterocycles. The van der Waals surface area contributed by atoms with E-state index in [-0.39, 0.29) is 16.6 Å². The van der Waals surface area contributed by atoms with Crippen LogP contribution in [0.15, 0.2) is 18.2 Å². The Labute approximate surface area is 127 Å². The zero-order valence-electron chi connectivity index (χ0n) is 11.4. The Kier molecular flexibility index (Phi) is 3.82. The SMILES string of the molecule is O=C(c1ccc([N+](=O)[O-])cc1Cl)N1CCC2CCC(C1)N2. The van der Waals surface area contributed by atoms with Crippen molar-refractivity contribution in [2.75, 3.05) is 13.1 Å². The molecule has 3 rings (SSSR count). The molecule has 2 unspecified atom stereocenters. The van der Waals surface area contributed by atoms with Gasteiger partial charge in [-0.2, -0.15) is 0 Å². The molecule has 0 aromatic heterocycles. The Morgan fingerprint density at radius 2 is 2.10 bits per heavy atom. The normalized spacial score (nSPS) is 24.7. The summed E-state index contributed by atoms with van der Waals surface area (Å²) in [6.07, 6.45) is 3.19. The number of nitrogens with zero attached hydrogens (tertiary/aromatic N) is 2. The summed E-state index contributed by atoms with van der Waals surface area (Å²) in [5, 5.41) is 14.4. The van der Waals surface area contributed by atoms with Crippen molar-refractivity contribution >= 4 is 23.2 Å². The molecule has 2 aliphatic rings. The Morgan fingerprint density at radius 1 is 1.33 bits per heavy atom. The average Bonchev–Trinajstić information content (AvgIpc) is 2.77. The van der Waals surface area contributed by atoms with Crippen molar-refractivity contribution in [3.63, 3.8) is 0 Å². The maximum atomic E-state index is 12.6. The van der Waals surface area contributed by atoms with Crippen LogP contribution in [0.3, 0.4) is 0 Å². The molecule has 1 N–H and O–H groups in total. The minimum atomic E-state index is -0.519. The van der Waals surface area contributed by atoms with Crippen LogP contribution in [0.1, 0.15) is 29.6 Å². The average molecular weight is 310 g/mol. The van der Waals surface area contributed by atoms with Gasteiger partial charge in [0.05, 0.1) is 15.5 Å². The number of halogens is 1. The Balaban J connectivity index is 1.80. The van der Waals surface area contributed by atoms with E-state index in [9.17, 15) is 14.9 Å². The summed E-state index contributed by atoms with van der Waals surface area (Å²) in [6, 6.07) is 4.84. The van der Waals surface area contributed by atoms with Crippen LogP contribution in [-0.2, 0) is 0 Å². The van der Waals surface area contributed by atoms with E-state index >= 15 is 0 Å². The molecule has 21 heavy (non-hydrogen) atoms. The summed E-state index contributed by atoms with van der Waals surface area (Å²) in [5.74, 6) is -0.149. The van der Waals surface area contributed by atoms with Gasteiger partial charge in [-0.25, -0.2) is 0 Å². The van der Waals surface area contributed by atoms with E-state index in [0.29, 0.717) is 30.7 Å². The van der Waals surface area contributed by atoms with Crippen LogP contribution in [0.2, 0.25) is 5.02 Å². The van der Waals surface area contributed by atoms with Gasteiger partial charge in [-0.15, -0.1) is 0 Å². The Hall–Kier alpha value is -1.66. The summed E-state index contributed by atoms with van der Waals surface area (Å²) in [5.41, 5.74) is 0.230. The van der Waals surface area contributed by atoms with Crippen LogP contribution in [0, 0.1) is 10.1 Å². The molecular formula is C14H16ClN3O3. The molecule has 0 saturated carbocycles. The summed E-state index contributed by atoms with van der Waals surface area (Å²) >= 11 is 6.04. The largest absolute Gasteiger partial charge is 0.337 e. The van der Waals surface area contributed by atoms with E-state index in [4.69, 9.17) is 11.6 Å². The first kappa shape index (κ1) is 14.3. The molecule has 0 spiro atoms. The number of hydrogen-bond donors (Lipinski definition) is 1. The lowest BCUT2D eigenvalue weighted by atomic mass is 10.1. The molecule has 7 heteroatoms. The molecule has 112 valence electrons. The number of carbonyl (C=O) groups excluding carboxylic acids is 1. The zero-order valence-corrected chi connectivity index (χ0v) is 12.2. The monoisotopic (exact) mass is 309 g/mol. The topological polar surface area (TPSA) is 75.5 Å². The molecule has 6 nitrogen and oxygen atoms in total. The number of nitrogens with one attached hydrogen (secondary N) is 1. The summed E-state index contributed by atoms with van der Waals surface area (Å²) in [4.78, 5) is 24.6. The molecule has 2 saturated heterocycles. The number of nitro benzene ring substituents is 1. The predicted molar refractivity (Wildman–Crippen MR) is 78.6 cm³/mol. The Bertz CT molecular complexity index is 593. The first-order chi connectivity index (χ1) is 10.0. The number of fused-ring (bicyclic) bond motifs is 2. The van der Waals surface area contributed by atoms with Crippen molar-refractivity contribution in [2.24, 2.45) is 0 Å². The molecule has 2 heterocycles. The number of rotatable bonds is 2. The van der Waals surface area contributed by atoms with Crippen molar-refractivity contribution in [2.45, 2.75) is 31.3 Å². The van der Waals surface area contributed by atoms with Gasteiger partial charge in [0, 0.05) is 37.3 Å². The summed E-state index contributed by atoms with van der Waals surface area (Å²) < 4.78 is 0. The first-order valence-electron chi connectivity index (χ1n) is 7.04. The van der Waals surface area contributed by atoms with E-state index in [1.54, 1.807) is 4.90 Å². The highest BCUT2D eigenvalue weighted by atomic mass is 35.5. The highest BCUT2D eigenvalue weighted by molar-refractivity contribution is 6.34. The standard InChI is InChI=1S/C14H16ClN3O3/c15-13-7-11(18(20)21)3-4-12(13)14(19)17-6-5-9-1-2-10(8-17)16-9/h3-4,7,9-10,16H,1-2,5-6,8H2. The smallest absolute Gasteiger partial charge is 0.270 e. The fraction of sp³-hybridized carbons (Fsp3) is 0.500. The van der Waals surface area contributed by atoms with Crippen molar-refractivity contribution in [3.05, 3.63) is 38.9 Å². The third-order valence-corrected chi connectivity index (χ3v) is 4.52. The van der Waals surface area contributed by atoms with E-state index in [0.717, 1.165) is 12.8 Å². The first-order valence-corrected chi connectivity index (χ1v) is 7.41. The molecule has 2 fully saturated rings. The lowest BCUT2D eigenvalue weighted by Crippen LogP contribution is -2.39. The zero-order chi connectivity index (χ0) is 15.0. The fourth-order valence-electron chi connectivity index (χ4n) is 3.09. The molecule has 0 aliphatic carbocycles. The van der Waals surface area contributed by atoms with E-state index in [2.05, 4.69) is 5.32 Å². The maximum absolute atomic E-state index is 12.6. The second kappa shape index (κ2) is 5.61. The van der Waals surface area contributed by atoms with Crippen LogP contribution in [0.4, 0.5) is 5.69 Å². The van der Waals surface area contributed by atoms with Gasteiger partial charge in [-0.1, -0.05) is 11.6 Å². The van der Waals surface area contributed by atoms with Gasteiger partial charge in [0.25, 0.3) is 11.6 Å². The number of carbonyl (C=O) groups is 1. The van der Waals surface area contributed by atoms with Gasteiger partial charge in [0.1, 0.15) is 0 Å². The molecule has 1 aromatic rings. The minimum Gasteiger partial charge on any atom is -0.337 e. The lowest BCUT2D eigenvalue weighted by Gasteiger charge is -2.24. The molecule has 1 amide bonds. The highest BCUT2D eigenvalue weighted by Crippen LogP contribution is 2.26. The lowest BCUT2D eigenvalue weighted by molar-refractivity contribution is -0.384. The third-order valence-electron chi connectivity index (χ3n) is 4.20. The van der Waals surface area contributed by atoms with E-state index in [1.807, 2.05) is 0 Å². The van der Waals surface area contributed by atoms with Crippen molar-refractivity contribution in [3.8, 4) is 0 Å². The van der Waals surface area contributed by atoms with Crippen LogP contribution in [-0.4, -0.2) is 40.9 Å². The third kappa shape index (κ3) is 2.87. The number of nitro groups is 1. The van der Waals surface area contributed by atoms with Gasteiger partial charge in [-0.3, -0.25) is 14.9 Å². The number of non-ortho nitro benzene ring substituents is 1. The maximum Gasteiger partial charge on any atom is 0.270 e. The van der Waals surface area contributed by atoms with Gasteiger partial charge < -0.3 is 10.2 Å². The second-order valence-corrected chi connectivity index (χ2v) is 6.01. The number of likely N-dealkylation sites (tertiary alicyclic amines) is 1. The van der Waals surface area contributed by atoms with Gasteiger partial charge in [0.2, 0.25) is 0 Å². The molecule has 1 aromatic carbocycles.